The van der Waals surface area contributed by atoms with Gasteiger partial charge in [0.05, 0.1) is 24.9 Å². The number of carbonyl (C=O) groups is 3. The second kappa shape index (κ2) is 11.5. The zero-order valence-electron chi connectivity index (χ0n) is 19.2. The van der Waals surface area contributed by atoms with Gasteiger partial charge in [0.2, 0.25) is 0 Å². The van der Waals surface area contributed by atoms with Crippen molar-refractivity contribution < 1.29 is 37.7 Å². The Morgan fingerprint density at radius 2 is 1.71 bits per heavy atom. The quantitative estimate of drug-likeness (QED) is 0.587. The molecule has 10 heteroatoms. The SMILES string of the molecule is COc1cc(C(=O)OCC(=O)N2C[C@@H](C)O[C@H](C)C2)ccc1OCC(=O)Nc1ccc(F)cc1. The van der Waals surface area contributed by atoms with Crippen molar-refractivity contribution in [1.29, 1.82) is 0 Å². The summed E-state index contributed by atoms with van der Waals surface area (Å²) in [5.74, 6) is -1.41. The minimum Gasteiger partial charge on any atom is -0.493 e. The maximum Gasteiger partial charge on any atom is 0.338 e. The molecule has 1 N–H and O–H groups in total. The van der Waals surface area contributed by atoms with Gasteiger partial charge in [0.25, 0.3) is 11.8 Å². The maximum absolute atomic E-state index is 13.0. The number of anilines is 1. The van der Waals surface area contributed by atoms with Crippen molar-refractivity contribution >= 4 is 23.5 Å². The summed E-state index contributed by atoms with van der Waals surface area (Å²) in [5.41, 5.74) is 0.590. The van der Waals surface area contributed by atoms with Crippen molar-refractivity contribution in [3.63, 3.8) is 0 Å². The molecule has 9 nitrogen and oxygen atoms in total. The Morgan fingerprint density at radius 3 is 2.35 bits per heavy atom. The Hall–Kier alpha value is -3.66. The Balaban J connectivity index is 1.53. The van der Waals surface area contributed by atoms with E-state index in [2.05, 4.69) is 5.32 Å². The van der Waals surface area contributed by atoms with Gasteiger partial charge in [-0.25, -0.2) is 9.18 Å². The molecule has 1 heterocycles. The number of carbonyl (C=O) groups excluding carboxylic acids is 3. The van der Waals surface area contributed by atoms with Crippen molar-refractivity contribution in [2.24, 2.45) is 0 Å². The van der Waals surface area contributed by atoms with E-state index in [-0.39, 0.29) is 48.4 Å². The maximum atomic E-state index is 13.0. The highest BCUT2D eigenvalue weighted by molar-refractivity contribution is 5.93. The Labute approximate surface area is 196 Å². The van der Waals surface area contributed by atoms with Crippen LogP contribution in [0.4, 0.5) is 10.1 Å². The van der Waals surface area contributed by atoms with E-state index in [9.17, 15) is 18.8 Å². The number of nitrogens with one attached hydrogen (secondary N) is 1. The molecule has 1 fully saturated rings. The lowest BCUT2D eigenvalue weighted by atomic mass is 10.2. The molecular formula is C24H27FN2O7. The Bertz CT molecular complexity index is 1020. The van der Waals surface area contributed by atoms with Gasteiger partial charge in [-0.3, -0.25) is 9.59 Å². The first-order chi connectivity index (χ1) is 16.2. The lowest BCUT2D eigenvalue weighted by Crippen LogP contribution is -2.49. The van der Waals surface area contributed by atoms with Crippen LogP contribution in [0, 0.1) is 5.82 Å². The number of benzene rings is 2. The fourth-order valence-corrected chi connectivity index (χ4v) is 3.47. The second-order valence-electron chi connectivity index (χ2n) is 7.84. The number of halogens is 1. The lowest BCUT2D eigenvalue weighted by Gasteiger charge is -2.35. The molecule has 2 amide bonds. The molecular weight excluding hydrogens is 447 g/mol. The minimum absolute atomic E-state index is 0.0852. The number of nitrogens with zero attached hydrogens (tertiary/aromatic N) is 1. The normalized spacial score (nSPS) is 17.6. The number of amides is 2. The van der Waals surface area contributed by atoms with Crippen molar-refractivity contribution in [1.82, 2.24) is 4.90 Å². The van der Waals surface area contributed by atoms with Crippen LogP contribution in [0.15, 0.2) is 42.5 Å². The highest BCUT2D eigenvalue weighted by Crippen LogP contribution is 2.28. The molecule has 0 spiro atoms. The van der Waals surface area contributed by atoms with E-state index in [0.29, 0.717) is 18.8 Å². The summed E-state index contributed by atoms with van der Waals surface area (Å²) in [4.78, 5) is 38.5. The number of morpholine rings is 1. The first-order valence-electron chi connectivity index (χ1n) is 10.7. The highest BCUT2D eigenvalue weighted by Gasteiger charge is 2.26. The fraction of sp³-hybridized carbons (Fsp3) is 0.375. The largest absolute Gasteiger partial charge is 0.493 e. The van der Waals surface area contributed by atoms with Crippen LogP contribution in [0.25, 0.3) is 0 Å². The van der Waals surface area contributed by atoms with Crippen LogP contribution in [0.1, 0.15) is 24.2 Å². The van der Waals surface area contributed by atoms with Gasteiger partial charge in [0.15, 0.2) is 24.7 Å². The molecule has 1 saturated heterocycles. The molecule has 0 saturated carbocycles. The van der Waals surface area contributed by atoms with Gasteiger partial charge in [-0.15, -0.1) is 0 Å². The summed E-state index contributed by atoms with van der Waals surface area (Å²) in [5, 5.41) is 2.58. The molecule has 182 valence electrons. The number of ether oxygens (including phenoxy) is 4. The predicted molar refractivity (Wildman–Crippen MR) is 120 cm³/mol. The first kappa shape index (κ1) is 25.0. The number of hydrogen-bond acceptors (Lipinski definition) is 7. The lowest BCUT2D eigenvalue weighted by molar-refractivity contribution is -0.146. The average molecular weight is 474 g/mol. The van der Waals surface area contributed by atoms with Gasteiger partial charge in [-0.1, -0.05) is 0 Å². The molecule has 0 aliphatic carbocycles. The monoisotopic (exact) mass is 474 g/mol. The second-order valence-corrected chi connectivity index (χ2v) is 7.84. The molecule has 2 aromatic carbocycles. The summed E-state index contributed by atoms with van der Waals surface area (Å²) in [6, 6.07) is 9.63. The van der Waals surface area contributed by atoms with Gasteiger partial charge in [0, 0.05) is 18.8 Å². The topological polar surface area (TPSA) is 103 Å². The van der Waals surface area contributed by atoms with Crippen LogP contribution in [0.5, 0.6) is 11.5 Å². The van der Waals surface area contributed by atoms with E-state index in [1.165, 1.54) is 49.6 Å². The highest BCUT2D eigenvalue weighted by atomic mass is 19.1. The number of rotatable bonds is 8. The third-order valence-corrected chi connectivity index (χ3v) is 4.99. The molecule has 0 bridgehead atoms. The standard InChI is InChI=1S/C24H27FN2O7/c1-15-11-27(12-16(2)34-15)23(29)14-33-24(30)17-4-9-20(21(10-17)31-3)32-13-22(28)26-19-7-5-18(25)6-8-19/h4-10,15-16H,11-14H2,1-3H3,(H,26,28)/t15-,16-/m1/s1. The van der Waals surface area contributed by atoms with E-state index in [1.54, 1.807) is 4.90 Å². The summed E-state index contributed by atoms with van der Waals surface area (Å²) in [7, 11) is 1.39. The van der Waals surface area contributed by atoms with Crippen LogP contribution < -0.4 is 14.8 Å². The molecule has 1 aliphatic heterocycles. The van der Waals surface area contributed by atoms with Gasteiger partial charge in [-0.05, 0) is 56.3 Å². The van der Waals surface area contributed by atoms with Crippen LogP contribution in [-0.2, 0) is 19.1 Å². The van der Waals surface area contributed by atoms with E-state index in [0.717, 1.165) is 0 Å². The van der Waals surface area contributed by atoms with E-state index in [1.807, 2.05) is 13.8 Å². The third kappa shape index (κ3) is 6.92. The summed E-state index contributed by atoms with van der Waals surface area (Å²) < 4.78 is 34.5. The average Bonchev–Trinajstić information content (AvgIpc) is 2.81. The predicted octanol–water partition coefficient (Wildman–Crippen LogP) is 2.64. The zero-order chi connectivity index (χ0) is 24.7. The van der Waals surface area contributed by atoms with Gasteiger partial charge < -0.3 is 29.2 Å². The Morgan fingerprint density at radius 1 is 1.03 bits per heavy atom. The first-order valence-corrected chi connectivity index (χ1v) is 10.7. The van der Waals surface area contributed by atoms with Gasteiger partial charge in [-0.2, -0.15) is 0 Å². The number of hydrogen-bond donors (Lipinski definition) is 1. The number of methoxy groups -OCH3 is 1. The minimum atomic E-state index is -0.693. The van der Waals surface area contributed by atoms with Crippen molar-refractivity contribution in [3.8, 4) is 11.5 Å². The van der Waals surface area contributed by atoms with Crippen molar-refractivity contribution in [2.45, 2.75) is 26.1 Å². The van der Waals surface area contributed by atoms with Crippen molar-refractivity contribution in [3.05, 3.63) is 53.8 Å². The fourth-order valence-electron chi connectivity index (χ4n) is 3.47. The van der Waals surface area contributed by atoms with Gasteiger partial charge in [0.1, 0.15) is 5.82 Å². The van der Waals surface area contributed by atoms with Gasteiger partial charge >= 0.3 is 5.97 Å². The van der Waals surface area contributed by atoms with Crippen LogP contribution in [0.3, 0.4) is 0 Å². The molecule has 3 rings (SSSR count). The van der Waals surface area contributed by atoms with Crippen LogP contribution in [-0.4, -0.2) is 68.3 Å². The smallest absolute Gasteiger partial charge is 0.338 e. The van der Waals surface area contributed by atoms with Crippen molar-refractivity contribution in [2.75, 3.05) is 38.7 Å². The third-order valence-electron chi connectivity index (χ3n) is 4.99. The van der Waals surface area contributed by atoms with Crippen LogP contribution in [0.2, 0.25) is 0 Å². The molecule has 0 radical (unpaired) electrons. The summed E-state index contributed by atoms with van der Waals surface area (Å²) >= 11 is 0. The molecule has 2 atom stereocenters. The Kier molecular flexibility index (Phi) is 8.42. The molecule has 0 unspecified atom stereocenters. The summed E-state index contributed by atoms with van der Waals surface area (Å²) in [6.07, 6.45) is -0.170. The summed E-state index contributed by atoms with van der Waals surface area (Å²) in [6.45, 7) is 3.92. The molecule has 1 aliphatic rings. The van der Waals surface area contributed by atoms with E-state index < -0.39 is 17.7 Å². The molecule has 2 aromatic rings. The van der Waals surface area contributed by atoms with E-state index >= 15 is 0 Å². The van der Waals surface area contributed by atoms with Crippen LogP contribution >= 0.6 is 0 Å². The van der Waals surface area contributed by atoms with E-state index in [4.69, 9.17) is 18.9 Å². The molecule has 34 heavy (non-hydrogen) atoms. The molecule has 0 aromatic heterocycles. The number of esters is 1. The zero-order valence-corrected chi connectivity index (χ0v) is 19.2.